The van der Waals surface area contributed by atoms with Gasteiger partial charge in [0, 0.05) is 6.42 Å². The van der Waals surface area contributed by atoms with Crippen molar-refractivity contribution in [1.82, 2.24) is 4.41 Å². The Bertz CT molecular complexity index is 481. The molecule has 2 rings (SSSR count). The summed E-state index contributed by atoms with van der Waals surface area (Å²) >= 11 is 0. The third-order valence-corrected chi connectivity index (χ3v) is 3.02. The van der Waals surface area contributed by atoms with E-state index in [4.69, 9.17) is 5.14 Å². The van der Waals surface area contributed by atoms with E-state index in [1.54, 1.807) is 0 Å². The predicted octanol–water partition coefficient (Wildman–Crippen LogP) is 0.300. The highest BCUT2D eigenvalue weighted by Crippen LogP contribution is 2.14. The first kappa shape index (κ1) is 10.1. The maximum atomic E-state index is 11.0. The van der Waals surface area contributed by atoms with Crippen LogP contribution in [0.1, 0.15) is 12.0 Å². The molecule has 0 saturated carbocycles. The van der Waals surface area contributed by atoms with Gasteiger partial charge in [0.2, 0.25) is 0 Å². The van der Waals surface area contributed by atoms with Crippen LogP contribution in [0.3, 0.4) is 0 Å². The molecular weight excluding hydrogens is 214 g/mol. The molecule has 0 unspecified atom stereocenters. The van der Waals surface area contributed by atoms with Crippen molar-refractivity contribution in [3.63, 3.8) is 0 Å². The molecule has 1 aromatic carbocycles. The Balaban J connectivity index is 2.28. The Morgan fingerprint density at radius 1 is 1.27 bits per heavy atom. The highest BCUT2D eigenvalue weighted by Gasteiger charge is 2.22. The summed E-state index contributed by atoms with van der Waals surface area (Å²) < 4.78 is 22.9. The van der Waals surface area contributed by atoms with Crippen LogP contribution in [-0.2, 0) is 10.2 Å². The van der Waals surface area contributed by atoms with Crippen LogP contribution < -0.4 is 5.14 Å². The quantitative estimate of drug-likeness (QED) is 0.786. The van der Waals surface area contributed by atoms with Gasteiger partial charge >= 0.3 is 10.2 Å². The molecule has 15 heavy (non-hydrogen) atoms. The minimum absolute atomic E-state index is 0.322. The van der Waals surface area contributed by atoms with Crippen molar-refractivity contribution < 1.29 is 8.42 Å². The zero-order valence-electron chi connectivity index (χ0n) is 8.00. The topological polar surface area (TPSA) is 75.8 Å². The number of hydrazone groups is 1. The highest BCUT2D eigenvalue weighted by atomic mass is 32.2. The van der Waals surface area contributed by atoms with Gasteiger partial charge in [0.05, 0.1) is 12.3 Å². The van der Waals surface area contributed by atoms with Crippen LogP contribution in [0.5, 0.6) is 0 Å². The van der Waals surface area contributed by atoms with Crippen molar-refractivity contribution in [1.29, 1.82) is 0 Å². The zero-order valence-corrected chi connectivity index (χ0v) is 8.81. The Morgan fingerprint density at radius 3 is 2.47 bits per heavy atom. The fourth-order valence-electron chi connectivity index (χ4n) is 1.45. The summed E-state index contributed by atoms with van der Waals surface area (Å²) in [6, 6.07) is 9.46. The van der Waals surface area contributed by atoms with Crippen LogP contribution in [0.4, 0.5) is 0 Å². The Hall–Kier alpha value is -1.40. The lowest BCUT2D eigenvalue weighted by Gasteiger charge is -2.07. The van der Waals surface area contributed by atoms with Gasteiger partial charge in [-0.25, -0.2) is 5.14 Å². The van der Waals surface area contributed by atoms with E-state index in [1.165, 1.54) is 0 Å². The maximum Gasteiger partial charge on any atom is 0.313 e. The molecule has 5 nitrogen and oxygen atoms in total. The molecule has 0 saturated heterocycles. The monoisotopic (exact) mass is 225 g/mol. The fraction of sp³-hybridized carbons (Fsp3) is 0.222. The molecule has 0 spiro atoms. The number of nitrogens with two attached hydrogens (primary N) is 1. The summed E-state index contributed by atoms with van der Waals surface area (Å²) in [5.41, 5.74) is 1.69. The van der Waals surface area contributed by atoms with Gasteiger partial charge in [-0.1, -0.05) is 30.3 Å². The molecule has 6 heteroatoms. The average molecular weight is 225 g/mol. The number of nitrogens with zero attached hydrogens (tertiary/aromatic N) is 2. The van der Waals surface area contributed by atoms with Crippen LogP contribution in [0, 0.1) is 0 Å². The van der Waals surface area contributed by atoms with Crippen molar-refractivity contribution in [2.45, 2.75) is 6.42 Å². The van der Waals surface area contributed by atoms with Gasteiger partial charge < -0.3 is 0 Å². The van der Waals surface area contributed by atoms with Crippen molar-refractivity contribution in [3.8, 4) is 0 Å². The van der Waals surface area contributed by atoms with Gasteiger partial charge in [0.1, 0.15) is 0 Å². The number of hydrogen-bond donors (Lipinski definition) is 1. The first-order valence-electron chi connectivity index (χ1n) is 4.51. The molecule has 1 aliphatic heterocycles. The van der Waals surface area contributed by atoms with Gasteiger partial charge in [-0.05, 0) is 5.56 Å². The second kappa shape index (κ2) is 3.63. The Labute approximate surface area is 88.4 Å². The Kier molecular flexibility index (Phi) is 2.45. The van der Waals surface area contributed by atoms with Gasteiger partial charge in [-0.15, -0.1) is 0 Å². The van der Waals surface area contributed by atoms with Gasteiger partial charge in [0.25, 0.3) is 0 Å². The second-order valence-electron chi connectivity index (χ2n) is 3.25. The molecule has 1 aliphatic rings. The van der Waals surface area contributed by atoms with Gasteiger partial charge in [-0.3, -0.25) is 0 Å². The lowest BCUT2D eigenvalue weighted by atomic mass is 10.1. The smallest absolute Gasteiger partial charge is 0.210 e. The molecule has 1 heterocycles. The minimum atomic E-state index is -3.70. The van der Waals surface area contributed by atoms with Crippen molar-refractivity contribution >= 4 is 15.9 Å². The SMILES string of the molecule is NS(=O)(=O)N1CCC(c2ccccc2)=N1. The molecule has 0 fully saturated rings. The average Bonchev–Trinajstić information content (AvgIpc) is 2.67. The lowest BCUT2D eigenvalue weighted by molar-refractivity contribution is 0.462. The third-order valence-electron chi connectivity index (χ3n) is 2.17. The largest absolute Gasteiger partial charge is 0.313 e. The second-order valence-corrected chi connectivity index (χ2v) is 4.70. The Morgan fingerprint density at radius 2 is 1.93 bits per heavy atom. The summed E-state index contributed by atoms with van der Waals surface area (Å²) in [5.74, 6) is 0. The zero-order chi connectivity index (χ0) is 10.9. The van der Waals surface area contributed by atoms with Crippen LogP contribution in [0.2, 0.25) is 0 Å². The van der Waals surface area contributed by atoms with Crippen molar-refractivity contribution in [3.05, 3.63) is 35.9 Å². The van der Waals surface area contributed by atoms with Gasteiger partial charge in [0.15, 0.2) is 0 Å². The lowest BCUT2D eigenvalue weighted by Crippen LogP contribution is -2.30. The van der Waals surface area contributed by atoms with Gasteiger partial charge in [-0.2, -0.15) is 17.9 Å². The van der Waals surface area contributed by atoms with E-state index in [2.05, 4.69) is 5.10 Å². The summed E-state index contributed by atoms with van der Waals surface area (Å²) in [7, 11) is -3.70. The summed E-state index contributed by atoms with van der Waals surface area (Å²) in [6.07, 6.45) is 0.598. The first-order chi connectivity index (χ1) is 7.07. The van der Waals surface area contributed by atoms with Crippen LogP contribution in [0.15, 0.2) is 35.4 Å². The molecular formula is C9H11N3O2S. The number of hydrogen-bond acceptors (Lipinski definition) is 3. The van der Waals surface area contributed by atoms with E-state index in [0.29, 0.717) is 13.0 Å². The predicted molar refractivity (Wildman–Crippen MR) is 57.4 cm³/mol. The van der Waals surface area contributed by atoms with Crippen LogP contribution in [-0.4, -0.2) is 25.1 Å². The normalized spacial score (nSPS) is 16.6. The molecule has 0 aromatic heterocycles. The van der Waals surface area contributed by atoms with Crippen molar-refractivity contribution in [2.75, 3.05) is 6.54 Å². The van der Waals surface area contributed by atoms with Crippen molar-refractivity contribution in [2.24, 2.45) is 10.2 Å². The molecule has 2 N–H and O–H groups in total. The number of rotatable bonds is 2. The molecule has 1 aromatic rings. The summed E-state index contributed by atoms with van der Waals surface area (Å²) in [5, 5.41) is 8.94. The van der Waals surface area contributed by atoms with Crippen LogP contribution >= 0.6 is 0 Å². The molecule has 0 atom stereocenters. The molecule has 0 aliphatic carbocycles. The highest BCUT2D eigenvalue weighted by molar-refractivity contribution is 7.86. The molecule has 0 amide bonds. The summed E-state index contributed by atoms with van der Waals surface area (Å²) in [4.78, 5) is 0. The fourth-order valence-corrected chi connectivity index (χ4v) is 2.01. The molecule has 0 bridgehead atoms. The van der Waals surface area contributed by atoms with E-state index in [0.717, 1.165) is 15.7 Å². The van der Waals surface area contributed by atoms with E-state index < -0.39 is 10.2 Å². The minimum Gasteiger partial charge on any atom is -0.210 e. The number of benzene rings is 1. The van der Waals surface area contributed by atoms with E-state index in [-0.39, 0.29) is 0 Å². The van der Waals surface area contributed by atoms with E-state index >= 15 is 0 Å². The summed E-state index contributed by atoms with van der Waals surface area (Å²) in [6.45, 7) is 0.322. The van der Waals surface area contributed by atoms with E-state index in [9.17, 15) is 8.42 Å². The maximum absolute atomic E-state index is 11.0. The molecule has 0 radical (unpaired) electrons. The molecule has 80 valence electrons. The van der Waals surface area contributed by atoms with E-state index in [1.807, 2.05) is 30.3 Å². The van der Waals surface area contributed by atoms with Crippen LogP contribution in [0.25, 0.3) is 0 Å². The third kappa shape index (κ3) is 2.16. The first-order valence-corrected chi connectivity index (χ1v) is 6.01. The standard InChI is InChI=1S/C9H11N3O2S/c10-15(13,14)12-7-6-9(11-12)8-4-2-1-3-5-8/h1-5H,6-7H2,(H2,10,13,14).